The average molecular weight is 282 g/mol. The first-order valence-electron chi connectivity index (χ1n) is 6.88. The molecule has 0 unspecified atom stereocenters. The third-order valence-electron chi connectivity index (χ3n) is 3.81. The normalized spacial score (nSPS) is 23.9. The standard InChI is InChI=1S/C15H22O5/c1-5-19-13(17)15(14(18)20-6-2)7-11(9-16)12(8-15)10(3)4/h9,11-12H,3,5-8H2,1-2,4H3/t11-,12-/m0/s1. The fraction of sp³-hybridized carbons (Fsp3) is 0.667. The molecule has 1 aliphatic rings. The van der Waals surface area contributed by atoms with Crippen molar-refractivity contribution in [2.24, 2.45) is 17.3 Å². The molecular weight excluding hydrogens is 260 g/mol. The zero-order valence-electron chi connectivity index (χ0n) is 12.3. The molecule has 0 spiro atoms. The lowest BCUT2D eigenvalue weighted by Gasteiger charge is -2.24. The van der Waals surface area contributed by atoms with Gasteiger partial charge in [-0.1, -0.05) is 12.2 Å². The quantitative estimate of drug-likeness (QED) is 0.322. The summed E-state index contributed by atoms with van der Waals surface area (Å²) in [7, 11) is 0. The van der Waals surface area contributed by atoms with Crippen molar-refractivity contribution in [1.29, 1.82) is 0 Å². The Bertz CT molecular complexity index is 394. The highest BCUT2D eigenvalue weighted by Gasteiger charge is 2.57. The van der Waals surface area contributed by atoms with Crippen molar-refractivity contribution in [1.82, 2.24) is 0 Å². The number of carbonyl (C=O) groups is 3. The molecule has 1 saturated carbocycles. The third kappa shape index (κ3) is 2.92. The van der Waals surface area contributed by atoms with E-state index in [4.69, 9.17) is 9.47 Å². The number of hydrogen-bond donors (Lipinski definition) is 0. The van der Waals surface area contributed by atoms with Crippen LogP contribution in [0.1, 0.15) is 33.6 Å². The summed E-state index contributed by atoms with van der Waals surface area (Å²) in [6.07, 6.45) is 1.15. The Hall–Kier alpha value is -1.65. The molecule has 0 aromatic rings. The fourth-order valence-corrected chi connectivity index (χ4v) is 2.79. The number of esters is 2. The van der Waals surface area contributed by atoms with Gasteiger partial charge in [-0.2, -0.15) is 0 Å². The van der Waals surface area contributed by atoms with Gasteiger partial charge in [-0.3, -0.25) is 9.59 Å². The molecule has 0 amide bonds. The number of rotatable bonds is 6. The average Bonchev–Trinajstić information content (AvgIpc) is 2.80. The molecular formula is C15H22O5. The van der Waals surface area contributed by atoms with Gasteiger partial charge in [0.15, 0.2) is 5.41 Å². The van der Waals surface area contributed by atoms with Crippen molar-refractivity contribution < 1.29 is 23.9 Å². The van der Waals surface area contributed by atoms with E-state index in [0.29, 0.717) is 0 Å². The van der Waals surface area contributed by atoms with Crippen LogP contribution < -0.4 is 0 Å². The van der Waals surface area contributed by atoms with Crippen LogP contribution in [0, 0.1) is 17.3 Å². The van der Waals surface area contributed by atoms with E-state index in [0.717, 1.165) is 11.9 Å². The van der Waals surface area contributed by atoms with E-state index >= 15 is 0 Å². The summed E-state index contributed by atoms with van der Waals surface area (Å²) in [4.78, 5) is 35.7. The lowest BCUT2D eigenvalue weighted by Crippen LogP contribution is -2.40. The van der Waals surface area contributed by atoms with E-state index in [1.807, 2.05) is 0 Å². The molecule has 0 aromatic carbocycles. The highest BCUT2D eigenvalue weighted by molar-refractivity contribution is 6.01. The van der Waals surface area contributed by atoms with E-state index in [1.165, 1.54) is 0 Å². The van der Waals surface area contributed by atoms with Crippen LogP contribution in [0.2, 0.25) is 0 Å². The van der Waals surface area contributed by atoms with Crippen molar-refractivity contribution in [3.05, 3.63) is 12.2 Å². The van der Waals surface area contributed by atoms with E-state index in [9.17, 15) is 14.4 Å². The second-order valence-corrected chi connectivity index (χ2v) is 5.18. The molecule has 0 aliphatic heterocycles. The second-order valence-electron chi connectivity index (χ2n) is 5.18. The Morgan fingerprint density at radius 2 is 1.70 bits per heavy atom. The van der Waals surface area contributed by atoms with Crippen LogP contribution in [0.3, 0.4) is 0 Å². The lowest BCUT2D eigenvalue weighted by molar-refractivity contribution is -0.171. The minimum absolute atomic E-state index is 0.131. The summed E-state index contributed by atoms with van der Waals surface area (Å²) >= 11 is 0. The predicted octanol–water partition coefficient (Wildman–Crippen LogP) is 1.90. The highest BCUT2D eigenvalue weighted by atomic mass is 16.6. The first-order chi connectivity index (χ1) is 9.42. The maximum absolute atomic E-state index is 12.2. The predicted molar refractivity (Wildman–Crippen MR) is 72.8 cm³/mol. The van der Waals surface area contributed by atoms with Crippen LogP contribution in [-0.2, 0) is 23.9 Å². The van der Waals surface area contributed by atoms with Crippen LogP contribution in [0.5, 0.6) is 0 Å². The number of carbonyl (C=O) groups excluding carboxylic acids is 3. The summed E-state index contributed by atoms with van der Waals surface area (Å²) in [6, 6.07) is 0. The molecule has 1 rings (SSSR count). The molecule has 5 nitrogen and oxygen atoms in total. The van der Waals surface area contributed by atoms with Crippen LogP contribution in [0.15, 0.2) is 12.2 Å². The van der Waals surface area contributed by atoms with E-state index in [2.05, 4.69) is 6.58 Å². The summed E-state index contributed by atoms with van der Waals surface area (Å²) in [6.45, 7) is 9.38. The topological polar surface area (TPSA) is 69.7 Å². The number of allylic oxidation sites excluding steroid dienone is 1. The molecule has 112 valence electrons. The Morgan fingerprint density at radius 1 is 1.20 bits per heavy atom. The number of aldehydes is 1. The summed E-state index contributed by atoms with van der Waals surface area (Å²) in [5.41, 5.74) is -0.584. The van der Waals surface area contributed by atoms with Crippen molar-refractivity contribution in [3.8, 4) is 0 Å². The summed E-state index contributed by atoms with van der Waals surface area (Å²) < 4.78 is 10.1. The fourth-order valence-electron chi connectivity index (χ4n) is 2.79. The lowest BCUT2D eigenvalue weighted by atomic mass is 9.84. The van der Waals surface area contributed by atoms with Gasteiger partial charge >= 0.3 is 11.9 Å². The van der Waals surface area contributed by atoms with E-state index < -0.39 is 23.3 Å². The Labute approximate surface area is 119 Å². The summed E-state index contributed by atoms with van der Waals surface area (Å²) in [5, 5.41) is 0. The minimum atomic E-state index is -1.37. The van der Waals surface area contributed by atoms with Crippen molar-refractivity contribution >= 4 is 18.2 Å². The molecule has 0 radical (unpaired) electrons. The van der Waals surface area contributed by atoms with E-state index in [1.54, 1.807) is 20.8 Å². The first-order valence-corrected chi connectivity index (χ1v) is 6.88. The zero-order valence-corrected chi connectivity index (χ0v) is 12.3. The van der Waals surface area contributed by atoms with Gasteiger partial charge in [0.2, 0.25) is 0 Å². The molecule has 0 bridgehead atoms. The largest absolute Gasteiger partial charge is 0.465 e. The maximum Gasteiger partial charge on any atom is 0.323 e. The molecule has 0 saturated heterocycles. The van der Waals surface area contributed by atoms with Crippen LogP contribution in [0.25, 0.3) is 0 Å². The number of hydrogen-bond acceptors (Lipinski definition) is 5. The Morgan fingerprint density at radius 3 is 2.00 bits per heavy atom. The zero-order chi connectivity index (χ0) is 15.3. The highest BCUT2D eigenvalue weighted by Crippen LogP contribution is 2.49. The monoisotopic (exact) mass is 282 g/mol. The van der Waals surface area contributed by atoms with Gasteiger partial charge in [-0.15, -0.1) is 0 Å². The van der Waals surface area contributed by atoms with Crippen molar-refractivity contribution in [3.63, 3.8) is 0 Å². The maximum atomic E-state index is 12.2. The van der Waals surface area contributed by atoms with Crippen LogP contribution in [0.4, 0.5) is 0 Å². The molecule has 0 aromatic heterocycles. The van der Waals surface area contributed by atoms with Gasteiger partial charge in [-0.25, -0.2) is 0 Å². The van der Waals surface area contributed by atoms with Gasteiger partial charge in [0, 0.05) is 5.92 Å². The molecule has 1 aliphatic carbocycles. The van der Waals surface area contributed by atoms with Crippen molar-refractivity contribution in [2.45, 2.75) is 33.6 Å². The molecule has 1 fully saturated rings. The van der Waals surface area contributed by atoms with Gasteiger partial charge < -0.3 is 14.3 Å². The van der Waals surface area contributed by atoms with Gasteiger partial charge in [0.25, 0.3) is 0 Å². The van der Waals surface area contributed by atoms with Crippen LogP contribution >= 0.6 is 0 Å². The smallest absolute Gasteiger partial charge is 0.323 e. The molecule has 5 heteroatoms. The third-order valence-corrected chi connectivity index (χ3v) is 3.81. The molecule has 2 atom stereocenters. The SMILES string of the molecule is C=C(C)[C@@H]1CC(C(=O)OCC)(C(=O)OCC)C[C@H]1C=O. The van der Waals surface area contributed by atoms with Gasteiger partial charge in [0.1, 0.15) is 6.29 Å². The van der Waals surface area contributed by atoms with E-state index in [-0.39, 0.29) is 32.0 Å². The molecule has 0 N–H and O–H groups in total. The first kappa shape index (κ1) is 16.4. The van der Waals surface area contributed by atoms with Gasteiger partial charge in [-0.05, 0) is 39.5 Å². The van der Waals surface area contributed by atoms with Gasteiger partial charge in [0.05, 0.1) is 13.2 Å². The minimum Gasteiger partial charge on any atom is -0.465 e. The van der Waals surface area contributed by atoms with Crippen molar-refractivity contribution in [2.75, 3.05) is 13.2 Å². The summed E-state index contributed by atoms with van der Waals surface area (Å²) in [5.74, 6) is -1.80. The number of ether oxygens (including phenoxy) is 2. The second kappa shape index (κ2) is 6.68. The Kier molecular flexibility index (Phi) is 5.48. The Balaban J connectivity index is 3.13. The molecule has 20 heavy (non-hydrogen) atoms. The van der Waals surface area contributed by atoms with Crippen LogP contribution in [-0.4, -0.2) is 31.4 Å². The molecule has 0 heterocycles.